The summed E-state index contributed by atoms with van der Waals surface area (Å²) in [6.07, 6.45) is 0. The van der Waals surface area contributed by atoms with Gasteiger partial charge in [-0.1, -0.05) is 0 Å². The molecule has 1 atom stereocenters. The van der Waals surface area contributed by atoms with Crippen LogP contribution in [0.5, 0.6) is 17.2 Å². The van der Waals surface area contributed by atoms with Crippen LogP contribution in [-0.2, 0) is 4.79 Å². The molecule has 1 aromatic rings. The van der Waals surface area contributed by atoms with Gasteiger partial charge >= 0.3 is 5.79 Å². The highest BCUT2D eigenvalue weighted by molar-refractivity contribution is 5.84. The lowest BCUT2D eigenvalue weighted by molar-refractivity contribution is -0.149. The third kappa shape index (κ3) is 1.52. The molecular weight excluding hydrogens is 196 g/mol. The van der Waals surface area contributed by atoms with Crippen molar-refractivity contribution in [1.29, 1.82) is 0 Å². The van der Waals surface area contributed by atoms with Crippen molar-refractivity contribution in [3.05, 3.63) is 18.2 Å². The summed E-state index contributed by atoms with van der Waals surface area (Å²) in [6, 6.07) is 5.18. The molecule has 15 heavy (non-hydrogen) atoms. The van der Waals surface area contributed by atoms with Crippen LogP contribution in [0.15, 0.2) is 18.2 Å². The van der Waals surface area contributed by atoms with Crippen LogP contribution in [0, 0.1) is 0 Å². The summed E-state index contributed by atoms with van der Waals surface area (Å²) < 4.78 is 15.9. The molecule has 1 aliphatic heterocycles. The van der Waals surface area contributed by atoms with E-state index in [0.29, 0.717) is 17.2 Å². The first kappa shape index (κ1) is 9.83. The topological polar surface area (TPSA) is 44.8 Å². The summed E-state index contributed by atoms with van der Waals surface area (Å²) >= 11 is 0. The number of hydrogen-bond donors (Lipinski definition) is 0. The van der Waals surface area contributed by atoms with Gasteiger partial charge in [-0.3, -0.25) is 4.79 Å². The van der Waals surface area contributed by atoms with Crippen molar-refractivity contribution in [1.82, 2.24) is 0 Å². The van der Waals surface area contributed by atoms with Gasteiger partial charge in [-0.2, -0.15) is 0 Å². The summed E-state index contributed by atoms with van der Waals surface area (Å²) in [4.78, 5) is 11.3. The number of Topliss-reactive ketones (excluding diaryl/α,β-unsaturated/α-hetero) is 1. The molecule has 1 unspecified atom stereocenters. The second kappa shape index (κ2) is 3.15. The number of ether oxygens (including phenoxy) is 3. The van der Waals surface area contributed by atoms with E-state index in [-0.39, 0.29) is 5.78 Å². The van der Waals surface area contributed by atoms with E-state index in [0.717, 1.165) is 0 Å². The first-order chi connectivity index (χ1) is 7.05. The predicted molar refractivity (Wildman–Crippen MR) is 53.3 cm³/mol. The fraction of sp³-hybridized carbons (Fsp3) is 0.364. The summed E-state index contributed by atoms with van der Waals surface area (Å²) in [6.45, 7) is 3.03. The molecule has 0 saturated carbocycles. The van der Waals surface area contributed by atoms with Crippen molar-refractivity contribution in [2.75, 3.05) is 7.11 Å². The van der Waals surface area contributed by atoms with Crippen molar-refractivity contribution in [2.24, 2.45) is 0 Å². The van der Waals surface area contributed by atoms with E-state index in [1.165, 1.54) is 6.92 Å². The van der Waals surface area contributed by atoms with Crippen molar-refractivity contribution in [2.45, 2.75) is 19.6 Å². The van der Waals surface area contributed by atoms with E-state index in [4.69, 9.17) is 14.2 Å². The second-order valence-electron chi connectivity index (χ2n) is 3.52. The highest BCUT2D eigenvalue weighted by Crippen LogP contribution is 2.41. The molecule has 4 nitrogen and oxygen atoms in total. The maximum Gasteiger partial charge on any atom is 0.308 e. The van der Waals surface area contributed by atoms with Crippen LogP contribution < -0.4 is 14.2 Å². The van der Waals surface area contributed by atoms with Gasteiger partial charge in [-0.25, -0.2) is 0 Å². The zero-order valence-electron chi connectivity index (χ0n) is 8.87. The molecule has 0 fully saturated rings. The maximum atomic E-state index is 11.3. The summed E-state index contributed by atoms with van der Waals surface area (Å²) in [5, 5.41) is 0. The Hall–Kier alpha value is -1.71. The standard InChI is InChI=1S/C11H12O4/c1-7(12)11(2)14-9-5-4-8(13-3)6-10(9)15-11/h4-6H,1-3H3. The molecule has 0 aromatic heterocycles. The molecule has 0 N–H and O–H groups in total. The molecule has 0 amide bonds. The van der Waals surface area contributed by atoms with Crippen LogP contribution in [0.1, 0.15) is 13.8 Å². The van der Waals surface area contributed by atoms with Crippen LogP contribution in [0.25, 0.3) is 0 Å². The Labute approximate surface area is 87.8 Å². The molecule has 80 valence electrons. The summed E-state index contributed by atoms with van der Waals surface area (Å²) in [5.41, 5.74) is 0. The van der Waals surface area contributed by atoms with Gasteiger partial charge in [0.15, 0.2) is 11.5 Å². The van der Waals surface area contributed by atoms with E-state index >= 15 is 0 Å². The van der Waals surface area contributed by atoms with Crippen molar-refractivity contribution in [3.63, 3.8) is 0 Å². The van der Waals surface area contributed by atoms with Crippen LogP contribution >= 0.6 is 0 Å². The van der Waals surface area contributed by atoms with Gasteiger partial charge in [0.2, 0.25) is 5.78 Å². The quantitative estimate of drug-likeness (QED) is 0.743. The number of fused-ring (bicyclic) bond motifs is 1. The molecule has 0 aliphatic carbocycles. The third-order valence-corrected chi connectivity index (χ3v) is 2.40. The van der Waals surface area contributed by atoms with E-state index in [1.54, 1.807) is 32.2 Å². The van der Waals surface area contributed by atoms with Gasteiger partial charge in [0.1, 0.15) is 5.75 Å². The SMILES string of the molecule is COc1ccc2c(c1)OC(C)(C(C)=O)O2. The lowest BCUT2D eigenvalue weighted by Gasteiger charge is -2.18. The number of benzene rings is 1. The molecule has 0 spiro atoms. The van der Waals surface area contributed by atoms with E-state index < -0.39 is 5.79 Å². The van der Waals surface area contributed by atoms with E-state index in [1.807, 2.05) is 0 Å². The molecule has 1 heterocycles. The second-order valence-corrected chi connectivity index (χ2v) is 3.52. The van der Waals surface area contributed by atoms with Gasteiger partial charge in [0, 0.05) is 19.9 Å². The maximum absolute atomic E-state index is 11.3. The number of rotatable bonds is 2. The lowest BCUT2D eigenvalue weighted by atomic mass is 10.2. The minimum atomic E-state index is -1.20. The number of ketones is 1. The average molecular weight is 208 g/mol. The van der Waals surface area contributed by atoms with E-state index in [2.05, 4.69) is 0 Å². The monoisotopic (exact) mass is 208 g/mol. The first-order valence-corrected chi connectivity index (χ1v) is 4.62. The molecular formula is C11H12O4. The minimum Gasteiger partial charge on any atom is -0.497 e. The van der Waals surface area contributed by atoms with Crippen LogP contribution in [0.3, 0.4) is 0 Å². The molecule has 1 aliphatic rings. The smallest absolute Gasteiger partial charge is 0.308 e. The molecule has 0 saturated heterocycles. The lowest BCUT2D eigenvalue weighted by Crippen LogP contribution is -2.42. The van der Waals surface area contributed by atoms with Gasteiger partial charge in [0.25, 0.3) is 0 Å². The van der Waals surface area contributed by atoms with Crippen molar-refractivity contribution >= 4 is 5.78 Å². The highest BCUT2D eigenvalue weighted by Gasteiger charge is 2.41. The predicted octanol–water partition coefficient (Wildman–Crippen LogP) is 1.77. The Bertz CT molecular complexity index is 413. The largest absolute Gasteiger partial charge is 0.497 e. The van der Waals surface area contributed by atoms with Gasteiger partial charge in [0.05, 0.1) is 7.11 Å². The Kier molecular flexibility index (Phi) is 2.07. The third-order valence-electron chi connectivity index (χ3n) is 2.40. The van der Waals surface area contributed by atoms with E-state index in [9.17, 15) is 4.79 Å². The van der Waals surface area contributed by atoms with Crippen LogP contribution in [-0.4, -0.2) is 18.7 Å². The molecule has 2 rings (SSSR count). The summed E-state index contributed by atoms with van der Waals surface area (Å²) in [7, 11) is 1.57. The number of carbonyl (C=O) groups excluding carboxylic acids is 1. The fourth-order valence-corrected chi connectivity index (χ4v) is 1.36. The molecule has 1 aromatic carbocycles. The van der Waals surface area contributed by atoms with Gasteiger partial charge in [-0.15, -0.1) is 0 Å². The molecule has 4 heteroatoms. The number of hydrogen-bond acceptors (Lipinski definition) is 4. The Morgan fingerprint density at radius 2 is 2.00 bits per heavy atom. The Balaban J connectivity index is 2.35. The normalized spacial score (nSPS) is 22.6. The average Bonchev–Trinajstić information content (AvgIpc) is 2.54. The molecule has 0 bridgehead atoms. The molecule has 0 radical (unpaired) electrons. The zero-order chi connectivity index (χ0) is 11.1. The van der Waals surface area contributed by atoms with Crippen molar-refractivity contribution < 1.29 is 19.0 Å². The Morgan fingerprint density at radius 1 is 1.33 bits per heavy atom. The van der Waals surface area contributed by atoms with Crippen molar-refractivity contribution in [3.8, 4) is 17.2 Å². The number of carbonyl (C=O) groups is 1. The first-order valence-electron chi connectivity index (χ1n) is 4.62. The van der Waals surface area contributed by atoms with Crippen LogP contribution in [0.2, 0.25) is 0 Å². The zero-order valence-corrected chi connectivity index (χ0v) is 8.87. The summed E-state index contributed by atoms with van der Waals surface area (Å²) in [5.74, 6) is 0.401. The fourth-order valence-electron chi connectivity index (χ4n) is 1.36. The van der Waals surface area contributed by atoms with Crippen LogP contribution in [0.4, 0.5) is 0 Å². The minimum absolute atomic E-state index is 0.169. The number of methoxy groups -OCH3 is 1. The van der Waals surface area contributed by atoms with Gasteiger partial charge in [-0.05, 0) is 12.1 Å². The van der Waals surface area contributed by atoms with Gasteiger partial charge < -0.3 is 14.2 Å². The highest BCUT2D eigenvalue weighted by atomic mass is 16.7. The Morgan fingerprint density at radius 3 is 2.60 bits per heavy atom.